The fraction of sp³-hybridized carbons (Fsp3) is 1.00. The molecule has 0 radical (unpaired) electrons. The smallest absolute Gasteiger partial charge is 0.0107 e. The summed E-state index contributed by atoms with van der Waals surface area (Å²) in [5, 5.41) is 0. The van der Waals surface area contributed by atoms with Crippen molar-refractivity contribution in [3.8, 4) is 0 Å². The van der Waals surface area contributed by atoms with E-state index in [2.05, 4.69) is 37.7 Å². The molecule has 0 aromatic carbocycles. The van der Waals surface area contributed by atoms with E-state index in [0.29, 0.717) is 6.04 Å². The minimum Gasteiger partial charge on any atom is -0.329 e. The SMILES string of the molecule is CC(C)N(CCN)CCCN(C)C. The summed E-state index contributed by atoms with van der Waals surface area (Å²) in [6.07, 6.45) is 1.23. The van der Waals surface area contributed by atoms with E-state index in [1.807, 2.05) is 0 Å². The lowest BCUT2D eigenvalue weighted by atomic mass is 10.2. The average Bonchev–Trinajstić information content (AvgIpc) is 2.02. The Labute approximate surface area is 82.9 Å². The Balaban J connectivity index is 3.57. The van der Waals surface area contributed by atoms with Gasteiger partial charge < -0.3 is 10.6 Å². The van der Waals surface area contributed by atoms with Crippen molar-refractivity contribution >= 4 is 0 Å². The maximum absolute atomic E-state index is 5.55. The van der Waals surface area contributed by atoms with E-state index in [9.17, 15) is 0 Å². The van der Waals surface area contributed by atoms with Crippen LogP contribution in [0.4, 0.5) is 0 Å². The van der Waals surface area contributed by atoms with Crippen LogP contribution in [0.25, 0.3) is 0 Å². The highest BCUT2D eigenvalue weighted by atomic mass is 15.2. The number of hydrogen-bond acceptors (Lipinski definition) is 3. The molecule has 0 aromatic heterocycles. The normalized spacial score (nSPS) is 12.0. The third-order valence-corrected chi connectivity index (χ3v) is 2.20. The van der Waals surface area contributed by atoms with E-state index in [1.54, 1.807) is 0 Å². The molecule has 0 aliphatic heterocycles. The van der Waals surface area contributed by atoms with Gasteiger partial charge in [0.15, 0.2) is 0 Å². The predicted molar refractivity (Wildman–Crippen MR) is 58.9 cm³/mol. The van der Waals surface area contributed by atoms with Gasteiger partial charge in [-0.05, 0) is 47.5 Å². The van der Waals surface area contributed by atoms with Crippen LogP contribution in [-0.2, 0) is 0 Å². The molecule has 0 amide bonds. The molecule has 0 spiro atoms. The van der Waals surface area contributed by atoms with Crippen LogP contribution in [0.15, 0.2) is 0 Å². The summed E-state index contributed by atoms with van der Waals surface area (Å²) in [5.74, 6) is 0. The molecule has 0 heterocycles. The molecular weight excluding hydrogens is 162 g/mol. The van der Waals surface area contributed by atoms with Crippen molar-refractivity contribution < 1.29 is 0 Å². The fourth-order valence-corrected chi connectivity index (χ4v) is 1.38. The predicted octanol–water partition coefficient (Wildman–Crippen LogP) is 0.607. The third kappa shape index (κ3) is 6.99. The highest BCUT2D eigenvalue weighted by Crippen LogP contribution is 1.98. The molecule has 0 saturated carbocycles. The summed E-state index contributed by atoms with van der Waals surface area (Å²) in [6.45, 7) is 8.56. The summed E-state index contributed by atoms with van der Waals surface area (Å²) < 4.78 is 0. The van der Waals surface area contributed by atoms with E-state index in [-0.39, 0.29) is 0 Å². The Morgan fingerprint density at radius 3 is 2.08 bits per heavy atom. The zero-order valence-electron chi connectivity index (χ0n) is 9.58. The topological polar surface area (TPSA) is 32.5 Å². The van der Waals surface area contributed by atoms with Crippen molar-refractivity contribution in [3.05, 3.63) is 0 Å². The Hall–Kier alpha value is -0.120. The van der Waals surface area contributed by atoms with Crippen molar-refractivity contribution in [2.75, 3.05) is 40.3 Å². The number of nitrogens with two attached hydrogens (primary N) is 1. The molecule has 13 heavy (non-hydrogen) atoms. The lowest BCUT2D eigenvalue weighted by Gasteiger charge is -2.26. The van der Waals surface area contributed by atoms with Crippen LogP contribution in [0.2, 0.25) is 0 Å². The lowest BCUT2D eigenvalue weighted by molar-refractivity contribution is 0.215. The van der Waals surface area contributed by atoms with Crippen molar-refractivity contribution in [2.24, 2.45) is 5.73 Å². The molecule has 2 N–H and O–H groups in total. The molecule has 3 nitrogen and oxygen atoms in total. The molecule has 0 rings (SSSR count). The van der Waals surface area contributed by atoms with Gasteiger partial charge in [-0.2, -0.15) is 0 Å². The van der Waals surface area contributed by atoms with E-state index in [0.717, 1.165) is 26.2 Å². The third-order valence-electron chi connectivity index (χ3n) is 2.20. The van der Waals surface area contributed by atoms with Crippen LogP contribution in [0.5, 0.6) is 0 Å². The maximum atomic E-state index is 5.55. The van der Waals surface area contributed by atoms with E-state index >= 15 is 0 Å². The maximum Gasteiger partial charge on any atom is 0.0107 e. The number of hydrogen-bond donors (Lipinski definition) is 1. The fourth-order valence-electron chi connectivity index (χ4n) is 1.38. The first-order valence-electron chi connectivity index (χ1n) is 5.16. The van der Waals surface area contributed by atoms with Crippen LogP contribution in [0.3, 0.4) is 0 Å². The Kier molecular flexibility index (Phi) is 7.23. The molecule has 0 aliphatic rings. The minimum atomic E-state index is 0.616. The van der Waals surface area contributed by atoms with Gasteiger partial charge in [0.1, 0.15) is 0 Å². The molecule has 3 heteroatoms. The molecule has 0 atom stereocenters. The molecule has 0 aromatic rings. The molecule has 80 valence electrons. The van der Waals surface area contributed by atoms with Gasteiger partial charge in [0, 0.05) is 19.1 Å². The highest BCUT2D eigenvalue weighted by Gasteiger charge is 2.07. The molecule has 0 saturated heterocycles. The van der Waals surface area contributed by atoms with Crippen LogP contribution < -0.4 is 5.73 Å². The van der Waals surface area contributed by atoms with Crippen molar-refractivity contribution in [2.45, 2.75) is 26.3 Å². The van der Waals surface area contributed by atoms with Crippen molar-refractivity contribution in [1.29, 1.82) is 0 Å². The van der Waals surface area contributed by atoms with Gasteiger partial charge in [0.25, 0.3) is 0 Å². The second kappa shape index (κ2) is 7.30. The zero-order valence-corrected chi connectivity index (χ0v) is 9.58. The monoisotopic (exact) mass is 187 g/mol. The molecule has 0 bridgehead atoms. The van der Waals surface area contributed by atoms with E-state index in [1.165, 1.54) is 6.42 Å². The summed E-state index contributed by atoms with van der Waals surface area (Å²) in [4.78, 5) is 4.66. The first-order chi connectivity index (χ1) is 6.07. The largest absolute Gasteiger partial charge is 0.329 e. The van der Waals surface area contributed by atoms with Crippen LogP contribution >= 0.6 is 0 Å². The standard InChI is InChI=1S/C10H25N3/c1-10(2)13(9-6-11)8-5-7-12(3)4/h10H,5-9,11H2,1-4H3. The van der Waals surface area contributed by atoms with Crippen LogP contribution in [0.1, 0.15) is 20.3 Å². The van der Waals surface area contributed by atoms with Crippen LogP contribution in [-0.4, -0.2) is 56.1 Å². The highest BCUT2D eigenvalue weighted by molar-refractivity contribution is 4.63. The lowest BCUT2D eigenvalue weighted by Crippen LogP contribution is -2.37. The van der Waals surface area contributed by atoms with Gasteiger partial charge in [0.05, 0.1) is 0 Å². The van der Waals surface area contributed by atoms with Gasteiger partial charge in [-0.25, -0.2) is 0 Å². The zero-order chi connectivity index (χ0) is 10.3. The van der Waals surface area contributed by atoms with Gasteiger partial charge in [0.2, 0.25) is 0 Å². The second-order valence-electron chi connectivity index (χ2n) is 4.08. The summed E-state index contributed by atoms with van der Waals surface area (Å²) in [5.41, 5.74) is 5.55. The molecule has 0 aliphatic carbocycles. The van der Waals surface area contributed by atoms with Crippen molar-refractivity contribution in [1.82, 2.24) is 9.80 Å². The Morgan fingerprint density at radius 2 is 1.69 bits per heavy atom. The average molecular weight is 187 g/mol. The summed E-state index contributed by atoms with van der Waals surface area (Å²) in [7, 11) is 4.23. The second-order valence-corrected chi connectivity index (χ2v) is 4.08. The number of rotatable bonds is 7. The van der Waals surface area contributed by atoms with E-state index < -0.39 is 0 Å². The van der Waals surface area contributed by atoms with Gasteiger partial charge >= 0.3 is 0 Å². The first kappa shape index (κ1) is 12.9. The van der Waals surface area contributed by atoms with Crippen molar-refractivity contribution in [3.63, 3.8) is 0 Å². The molecule has 0 fully saturated rings. The Morgan fingerprint density at radius 1 is 1.08 bits per heavy atom. The molecule has 0 unspecified atom stereocenters. The Bertz CT molecular complexity index is 113. The summed E-state index contributed by atoms with van der Waals surface area (Å²) in [6, 6.07) is 0.616. The number of nitrogens with zero attached hydrogens (tertiary/aromatic N) is 2. The van der Waals surface area contributed by atoms with Crippen LogP contribution in [0, 0.1) is 0 Å². The van der Waals surface area contributed by atoms with Gasteiger partial charge in [-0.1, -0.05) is 0 Å². The summed E-state index contributed by atoms with van der Waals surface area (Å²) >= 11 is 0. The van der Waals surface area contributed by atoms with Gasteiger partial charge in [-0.3, -0.25) is 4.90 Å². The minimum absolute atomic E-state index is 0.616. The quantitative estimate of drug-likeness (QED) is 0.634. The van der Waals surface area contributed by atoms with Gasteiger partial charge in [-0.15, -0.1) is 0 Å². The molecular formula is C10H25N3. The first-order valence-corrected chi connectivity index (χ1v) is 5.16. The van der Waals surface area contributed by atoms with E-state index in [4.69, 9.17) is 5.73 Å².